The maximum Gasteiger partial charge on any atom is 0.253 e. The Morgan fingerprint density at radius 2 is 1.62 bits per heavy atom. The fraction of sp³-hybridized carbons (Fsp3) is 0.368. The highest BCUT2D eigenvalue weighted by atomic mass is 16.3. The summed E-state index contributed by atoms with van der Waals surface area (Å²) < 4.78 is 0. The molecule has 5 heteroatoms. The number of amides is 1. The van der Waals surface area contributed by atoms with Crippen molar-refractivity contribution in [1.82, 2.24) is 14.8 Å². The number of likely N-dealkylation sites (tertiary alicyclic amines) is 2. The predicted molar refractivity (Wildman–Crippen MR) is 90.5 cm³/mol. The summed E-state index contributed by atoms with van der Waals surface area (Å²) in [5.41, 5.74) is 1.95. The zero-order chi connectivity index (χ0) is 16.5. The number of nitrogens with zero attached hydrogens (tertiary/aromatic N) is 3. The van der Waals surface area contributed by atoms with Gasteiger partial charge in [-0.3, -0.25) is 14.7 Å². The van der Waals surface area contributed by atoms with Gasteiger partial charge in [-0.25, -0.2) is 0 Å². The van der Waals surface area contributed by atoms with Gasteiger partial charge in [-0.05, 0) is 41.7 Å². The number of phenolic OH excluding ortho intramolecular Hbond substituents is 1. The summed E-state index contributed by atoms with van der Waals surface area (Å²) in [6, 6.07) is 11.0. The number of benzene rings is 1. The van der Waals surface area contributed by atoms with Crippen molar-refractivity contribution in [2.75, 3.05) is 26.2 Å². The molecule has 5 nitrogen and oxygen atoms in total. The largest absolute Gasteiger partial charge is 0.508 e. The van der Waals surface area contributed by atoms with Gasteiger partial charge in [-0.2, -0.15) is 0 Å². The average molecular weight is 323 g/mol. The van der Waals surface area contributed by atoms with Crippen LogP contribution in [0.2, 0.25) is 0 Å². The Labute approximate surface area is 141 Å². The highest BCUT2D eigenvalue weighted by Crippen LogP contribution is 2.32. The van der Waals surface area contributed by atoms with Crippen LogP contribution in [0.25, 0.3) is 0 Å². The fourth-order valence-electron chi connectivity index (χ4n) is 3.92. The topological polar surface area (TPSA) is 56.7 Å². The third-order valence-corrected chi connectivity index (χ3v) is 5.12. The van der Waals surface area contributed by atoms with Gasteiger partial charge in [0.2, 0.25) is 0 Å². The van der Waals surface area contributed by atoms with Crippen molar-refractivity contribution < 1.29 is 9.90 Å². The van der Waals surface area contributed by atoms with Gasteiger partial charge in [0.1, 0.15) is 5.75 Å². The van der Waals surface area contributed by atoms with Gasteiger partial charge in [-0.1, -0.05) is 12.1 Å². The van der Waals surface area contributed by atoms with Crippen molar-refractivity contribution >= 4 is 5.91 Å². The SMILES string of the molecule is O=C(c1ccncc1)N1C[C@@H]2CN(Cc3ccc(O)cc3)C[C@H]2C1. The lowest BCUT2D eigenvalue weighted by Crippen LogP contribution is -2.33. The Morgan fingerprint density at radius 1 is 1.00 bits per heavy atom. The second kappa shape index (κ2) is 6.24. The van der Waals surface area contributed by atoms with Crippen LogP contribution in [0.4, 0.5) is 0 Å². The van der Waals surface area contributed by atoms with E-state index in [1.54, 1.807) is 36.7 Å². The van der Waals surface area contributed by atoms with Crippen LogP contribution in [0, 0.1) is 11.8 Å². The molecular weight excluding hydrogens is 302 g/mol. The molecule has 2 aromatic rings. The highest BCUT2D eigenvalue weighted by molar-refractivity contribution is 5.94. The maximum absolute atomic E-state index is 12.5. The molecule has 0 radical (unpaired) electrons. The third kappa shape index (κ3) is 2.99. The molecule has 2 saturated heterocycles. The molecule has 0 saturated carbocycles. The van der Waals surface area contributed by atoms with Gasteiger partial charge in [0.25, 0.3) is 5.91 Å². The molecule has 24 heavy (non-hydrogen) atoms. The number of aromatic hydroxyl groups is 1. The van der Waals surface area contributed by atoms with Crippen molar-refractivity contribution in [1.29, 1.82) is 0 Å². The van der Waals surface area contributed by atoms with Crippen molar-refractivity contribution in [2.45, 2.75) is 6.54 Å². The van der Waals surface area contributed by atoms with Gasteiger partial charge < -0.3 is 10.0 Å². The lowest BCUT2D eigenvalue weighted by atomic mass is 10.0. The Bertz CT molecular complexity index is 703. The van der Waals surface area contributed by atoms with E-state index in [0.29, 0.717) is 17.6 Å². The number of pyridine rings is 1. The molecule has 0 spiro atoms. The molecule has 0 unspecified atom stereocenters. The summed E-state index contributed by atoms with van der Waals surface area (Å²) in [5, 5.41) is 9.37. The van der Waals surface area contributed by atoms with Crippen LogP contribution in [-0.2, 0) is 6.54 Å². The molecule has 0 bridgehead atoms. The molecule has 1 aromatic heterocycles. The van der Waals surface area contributed by atoms with E-state index in [9.17, 15) is 9.90 Å². The van der Waals surface area contributed by atoms with Crippen LogP contribution in [-0.4, -0.2) is 52.0 Å². The van der Waals surface area contributed by atoms with E-state index >= 15 is 0 Å². The summed E-state index contributed by atoms with van der Waals surface area (Å²) in [5.74, 6) is 1.56. The molecule has 124 valence electrons. The monoisotopic (exact) mass is 323 g/mol. The minimum absolute atomic E-state index is 0.122. The second-order valence-corrected chi connectivity index (χ2v) is 6.83. The van der Waals surface area contributed by atoms with Crippen LogP contribution < -0.4 is 0 Å². The third-order valence-electron chi connectivity index (χ3n) is 5.12. The van der Waals surface area contributed by atoms with Crippen LogP contribution in [0.3, 0.4) is 0 Å². The lowest BCUT2D eigenvalue weighted by Gasteiger charge is -2.21. The van der Waals surface area contributed by atoms with Crippen molar-refractivity contribution in [3.63, 3.8) is 0 Å². The molecule has 2 aliphatic heterocycles. The Morgan fingerprint density at radius 3 is 2.25 bits per heavy atom. The summed E-state index contributed by atoms with van der Waals surface area (Å²) in [6.45, 7) is 4.67. The standard InChI is InChI=1S/C19H21N3O2/c23-18-3-1-14(2-4-18)9-21-10-16-12-22(13-17(16)11-21)19(24)15-5-7-20-8-6-15/h1-8,16-17,23H,9-13H2/t16-,17-/m0/s1. The highest BCUT2D eigenvalue weighted by Gasteiger charge is 2.41. The number of carbonyl (C=O) groups excluding carboxylic acids is 1. The summed E-state index contributed by atoms with van der Waals surface area (Å²) in [6.07, 6.45) is 3.34. The van der Waals surface area contributed by atoms with Gasteiger partial charge >= 0.3 is 0 Å². The number of rotatable bonds is 3. The van der Waals surface area contributed by atoms with E-state index in [1.165, 1.54) is 5.56 Å². The van der Waals surface area contributed by atoms with E-state index in [4.69, 9.17) is 0 Å². The van der Waals surface area contributed by atoms with Crippen LogP contribution >= 0.6 is 0 Å². The van der Waals surface area contributed by atoms with E-state index < -0.39 is 0 Å². The molecule has 2 atom stereocenters. The zero-order valence-electron chi connectivity index (χ0n) is 13.5. The van der Waals surface area contributed by atoms with Gasteiger partial charge in [-0.15, -0.1) is 0 Å². The molecule has 1 aromatic carbocycles. The van der Waals surface area contributed by atoms with Gasteiger partial charge in [0, 0.05) is 50.7 Å². The minimum Gasteiger partial charge on any atom is -0.508 e. The molecule has 1 N–H and O–H groups in total. The van der Waals surface area contributed by atoms with E-state index in [1.807, 2.05) is 17.0 Å². The number of hydrogen-bond acceptors (Lipinski definition) is 4. The predicted octanol–water partition coefficient (Wildman–Crippen LogP) is 1.99. The molecule has 4 rings (SSSR count). The molecule has 2 aliphatic rings. The van der Waals surface area contributed by atoms with E-state index in [-0.39, 0.29) is 5.91 Å². The van der Waals surface area contributed by atoms with Gasteiger partial charge in [0.05, 0.1) is 0 Å². The van der Waals surface area contributed by atoms with Crippen LogP contribution in [0.1, 0.15) is 15.9 Å². The fourth-order valence-corrected chi connectivity index (χ4v) is 3.92. The number of aromatic nitrogens is 1. The van der Waals surface area contributed by atoms with Gasteiger partial charge in [0.15, 0.2) is 0 Å². The van der Waals surface area contributed by atoms with Crippen molar-refractivity contribution in [2.24, 2.45) is 11.8 Å². The van der Waals surface area contributed by atoms with Crippen molar-refractivity contribution in [3.05, 3.63) is 59.9 Å². The number of phenols is 1. The smallest absolute Gasteiger partial charge is 0.253 e. The molecule has 0 aliphatic carbocycles. The molecule has 3 heterocycles. The second-order valence-electron chi connectivity index (χ2n) is 6.83. The lowest BCUT2D eigenvalue weighted by molar-refractivity contribution is 0.0773. The number of fused-ring (bicyclic) bond motifs is 1. The first-order valence-corrected chi connectivity index (χ1v) is 8.38. The Hall–Kier alpha value is -2.40. The van der Waals surface area contributed by atoms with Crippen molar-refractivity contribution in [3.8, 4) is 5.75 Å². The first-order valence-electron chi connectivity index (χ1n) is 8.38. The number of carbonyl (C=O) groups is 1. The molecule has 2 fully saturated rings. The summed E-state index contributed by atoms with van der Waals surface area (Å²) >= 11 is 0. The first-order chi connectivity index (χ1) is 11.7. The first kappa shape index (κ1) is 15.1. The Kier molecular flexibility index (Phi) is 3.94. The van der Waals surface area contributed by atoms with E-state index in [0.717, 1.165) is 38.3 Å². The Balaban J connectivity index is 1.35. The maximum atomic E-state index is 12.5. The summed E-state index contributed by atoms with van der Waals surface area (Å²) in [4.78, 5) is 21.0. The normalized spacial score (nSPS) is 23.4. The molecule has 1 amide bonds. The zero-order valence-corrected chi connectivity index (χ0v) is 13.5. The molecular formula is C19H21N3O2. The number of hydrogen-bond donors (Lipinski definition) is 1. The van der Waals surface area contributed by atoms with Crippen LogP contribution in [0.15, 0.2) is 48.8 Å². The summed E-state index contributed by atoms with van der Waals surface area (Å²) in [7, 11) is 0. The average Bonchev–Trinajstić information content (AvgIpc) is 3.15. The quantitative estimate of drug-likeness (QED) is 0.938. The van der Waals surface area contributed by atoms with E-state index in [2.05, 4.69) is 9.88 Å². The van der Waals surface area contributed by atoms with Crippen LogP contribution in [0.5, 0.6) is 5.75 Å². The minimum atomic E-state index is 0.122.